The maximum Gasteiger partial charge on any atom is 0.309 e. The number of nitro benzene ring substituents is 1. The lowest BCUT2D eigenvalue weighted by Gasteiger charge is -2.14. The van der Waals surface area contributed by atoms with Gasteiger partial charge in [-0.3, -0.25) is 10.1 Å². The first-order valence-electron chi connectivity index (χ1n) is 6.71. The molecule has 1 N–H and O–H groups in total. The minimum Gasteiger partial charge on any atom is -0.377 e. The number of anilines is 1. The number of thioether (sulfide) groups is 1. The molecule has 0 spiro atoms. The molecular formula is C14H17N3O2S. The molecule has 6 heteroatoms. The Morgan fingerprint density at radius 3 is 3.00 bits per heavy atom. The molecule has 1 fully saturated rings. The van der Waals surface area contributed by atoms with Gasteiger partial charge in [0.25, 0.3) is 0 Å². The van der Waals surface area contributed by atoms with Crippen molar-refractivity contribution in [2.75, 3.05) is 11.1 Å². The molecule has 0 heterocycles. The highest BCUT2D eigenvalue weighted by molar-refractivity contribution is 7.99. The molecule has 0 bridgehead atoms. The van der Waals surface area contributed by atoms with Crippen LogP contribution in [0.1, 0.15) is 31.7 Å². The topological polar surface area (TPSA) is 79.0 Å². The van der Waals surface area contributed by atoms with Gasteiger partial charge in [0.1, 0.15) is 17.3 Å². The van der Waals surface area contributed by atoms with Gasteiger partial charge in [-0.15, -0.1) is 0 Å². The van der Waals surface area contributed by atoms with Crippen LogP contribution in [0.3, 0.4) is 0 Å². The molecule has 2 unspecified atom stereocenters. The van der Waals surface area contributed by atoms with Gasteiger partial charge in [-0.1, -0.05) is 13.0 Å². The van der Waals surface area contributed by atoms with E-state index in [9.17, 15) is 10.1 Å². The predicted molar refractivity (Wildman–Crippen MR) is 81.0 cm³/mol. The Bertz CT molecular complexity index is 542. The number of para-hydroxylation sites is 1. The van der Waals surface area contributed by atoms with Crippen LogP contribution in [0.25, 0.3) is 0 Å². The van der Waals surface area contributed by atoms with E-state index < -0.39 is 4.92 Å². The van der Waals surface area contributed by atoms with Crippen LogP contribution in [-0.2, 0) is 0 Å². The number of nitrogens with zero attached hydrogens (tertiary/aromatic N) is 2. The summed E-state index contributed by atoms with van der Waals surface area (Å²) in [5, 5.41) is 24.0. The smallest absolute Gasteiger partial charge is 0.309 e. The number of benzene rings is 1. The van der Waals surface area contributed by atoms with Crippen molar-refractivity contribution in [2.24, 2.45) is 0 Å². The number of nitro groups is 1. The van der Waals surface area contributed by atoms with Gasteiger partial charge in [-0.2, -0.15) is 17.0 Å². The fourth-order valence-corrected chi connectivity index (χ4v) is 3.77. The molecule has 1 saturated carbocycles. The molecular weight excluding hydrogens is 274 g/mol. The molecule has 2 rings (SSSR count). The van der Waals surface area contributed by atoms with E-state index in [1.54, 1.807) is 12.1 Å². The molecule has 0 amide bonds. The van der Waals surface area contributed by atoms with Gasteiger partial charge in [-0.25, -0.2) is 0 Å². The number of nitriles is 1. The molecule has 2 atom stereocenters. The van der Waals surface area contributed by atoms with E-state index in [-0.39, 0.29) is 17.3 Å². The molecule has 0 aromatic heterocycles. The van der Waals surface area contributed by atoms with Crippen molar-refractivity contribution in [3.05, 3.63) is 33.9 Å². The quantitative estimate of drug-likeness (QED) is 0.663. The number of nitrogens with one attached hydrogen (secondary N) is 1. The van der Waals surface area contributed by atoms with Gasteiger partial charge in [0.05, 0.1) is 4.92 Å². The number of hydrogen-bond donors (Lipinski definition) is 1. The van der Waals surface area contributed by atoms with Crippen LogP contribution < -0.4 is 5.32 Å². The minimum absolute atomic E-state index is 0.109. The summed E-state index contributed by atoms with van der Waals surface area (Å²) in [5.41, 5.74) is 0.459. The largest absolute Gasteiger partial charge is 0.377 e. The maximum absolute atomic E-state index is 11.2. The van der Waals surface area contributed by atoms with Gasteiger partial charge >= 0.3 is 5.69 Å². The van der Waals surface area contributed by atoms with Crippen molar-refractivity contribution in [3.8, 4) is 6.07 Å². The Morgan fingerprint density at radius 1 is 1.55 bits per heavy atom. The van der Waals surface area contributed by atoms with E-state index in [0.29, 0.717) is 10.9 Å². The number of hydrogen-bond acceptors (Lipinski definition) is 5. The van der Waals surface area contributed by atoms with Crippen LogP contribution in [0.15, 0.2) is 18.2 Å². The SMILES string of the molecule is CCSC1CCC(Nc2cccc(C#N)c2[N+](=O)[O-])C1. The van der Waals surface area contributed by atoms with Gasteiger partial charge in [0.15, 0.2) is 0 Å². The first-order valence-corrected chi connectivity index (χ1v) is 7.76. The van der Waals surface area contributed by atoms with E-state index in [1.165, 1.54) is 6.07 Å². The van der Waals surface area contributed by atoms with Crippen molar-refractivity contribution in [1.82, 2.24) is 0 Å². The van der Waals surface area contributed by atoms with Crippen molar-refractivity contribution in [1.29, 1.82) is 5.26 Å². The normalized spacial score (nSPS) is 21.4. The second-order valence-electron chi connectivity index (χ2n) is 4.80. The molecule has 1 aromatic rings. The highest BCUT2D eigenvalue weighted by atomic mass is 32.2. The van der Waals surface area contributed by atoms with E-state index in [2.05, 4.69) is 12.2 Å². The zero-order valence-corrected chi connectivity index (χ0v) is 12.2. The van der Waals surface area contributed by atoms with Crippen LogP contribution in [0.2, 0.25) is 0 Å². The van der Waals surface area contributed by atoms with Gasteiger partial charge in [0, 0.05) is 11.3 Å². The van der Waals surface area contributed by atoms with Crippen LogP contribution in [0.5, 0.6) is 0 Å². The van der Waals surface area contributed by atoms with E-state index in [0.717, 1.165) is 25.0 Å². The van der Waals surface area contributed by atoms with Crippen LogP contribution in [0.4, 0.5) is 11.4 Å². The standard InChI is InChI=1S/C14H17N3O2S/c1-2-20-12-7-6-11(8-12)16-13-5-3-4-10(9-15)14(13)17(18)19/h3-5,11-12,16H,2,6-8H2,1H3. The van der Waals surface area contributed by atoms with Crippen LogP contribution in [0, 0.1) is 21.4 Å². The summed E-state index contributed by atoms with van der Waals surface area (Å²) in [6.07, 6.45) is 3.18. The maximum atomic E-state index is 11.2. The average molecular weight is 291 g/mol. The average Bonchev–Trinajstić information content (AvgIpc) is 2.86. The summed E-state index contributed by atoms with van der Waals surface area (Å²) in [4.78, 5) is 10.7. The summed E-state index contributed by atoms with van der Waals surface area (Å²) in [6.45, 7) is 2.15. The Hall–Kier alpha value is -1.74. The third-order valence-corrected chi connectivity index (χ3v) is 4.72. The van der Waals surface area contributed by atoms with Gasteiger partial charge in [0.2, 0.25) is 0 Å². The molecule has 20 heavy (non-hydrogen) atoms. The Morgan fingerprint density at radius 2 is 2.35 bits per heavy atom. The Kier molecular flexibility index (Phi) is 4.85. The van der Waals surface area contributed by atoms with Crippen molar-refractivity contribution >= 4 is 23.1 Å². The second kappa shape index (κ2) is 6.62. The minimum atomic E-state index is -0.478. The molecule has 0 radical (unpaired) electrons. The molecule has 106 valence electrons. The lowest BCUT2D eigenvalue weighted by atomic mass is 10.1. The predicted octanol–water partition coefficient (Wildman–Crippen LogP) is 3.55. The van der Waals surface area contributed by atoms with Gasteiger partial charge < -0.3 is 5.32 Å². The van der Waals surface area contributed by atoms with Crippen molar-refractivity contribution in [3.63, 3.8) is 0 Å². The zero-order valence-electron chi connectivity index (χ0n) is 11.3. The fourth-order valence-electron chi connectivity index (χ4n) is 2.63. The van der Waals surface area contributed by atoms with Crippen molar-refractivity contribution < 1.29 is 4.92 Å². The lowest BCUT2D eigenvalue weighted by molar-refractivity contribution is -0.384. The van der Waals surface area contributed by atoms with Crippen LogP contribution in [-0.4, -0.2) is 22.0 Å². The highest BCUT2D eigenvalue weighted by Gasteiger charge is 2.27. The van der Waals surface area contributed by atoms with Crippen LogP contribution >= 0.6 is 11.8 Å². The summed E-state index contributed by atoms with van der Waals surface area (Å²) in [5.74, 6) is 1.10. The van der Waals surface area contributed by atoms with Gasteiger partial charge in [-0.05, 0) is 37.1 Å². The summed E-state index contributed by atoms with van der Waals surface area (Å²) >= 11 is 1.95. The molecule has 0 saturated heterocycles. The summed E-state index contributed by atoms with van der Waals surface area (Å²) in [6, 6.07) is 6.98. The lowest BCUT2D eigenvalue weighted by Crippen LogP contribution is -2.17. The molecule has 1 aliphatic carbocycles. The second-order valence-corrected chi connectivity index (χ2v) is 6.38. The summed E-state index contributed by atoms with van der Waals surface area (Å²) < 4.78 is 0. The zero-order chi connectivity index (χ0) is 14.5. The molecule has 5 nitrogen and oxygen atoms in total. The van der Waals surface area contributed by atoms with E-state index in [1.807, 2.05) is 17.8 Å². The van der Waals surface area contributed by atoms with E-state index in [4.69, 9.17) is 5.26 Å². The monoisotopic (exact) mass is 291 g/mol. The first kappa shape index (κ1) is 14.7. The van der Waals surface area contributed by atoms with E-state index >= 15 is 0 Å². The summed E-state index contributed by atoms with van der Waals surface area (Å²) in [7, 11) is 0. The first-order chi connectivity index (χ1) is 9.65. The third kappa shape index (κ3) is 3.23. The highest BCUT2D eigenvalue weighted by Crippen LogP contribution is 2.34. The molecule has 1 aliphatic rings. The Balaban J connectivity index is 2.14. The molecule has 1 aromatic carbocycles. The molecule has 0 aliphatic heterocycles. The third-order valence-electron chi connectivity index (χ3n) is 3.49. The number of rotatable bonds is 5. The fraction of sp³-hybridized carbons (Fsp3) is 0.500. The Labute approximate surface area is 122 Å². The van der Waals surface area contributed by atoms with Crippen molar-refractivity contribution in [2.45, 2.75) is 37.5 Å².